The predicted molar refractivity (Wildman–Crippen MR) is 110 cm³/mol. The maximum Gasteiger partial charge on any atom is 0.336 e. The van der Waals surface area contributed by atoms with Crippen molar-refractivity contribution in [1.29, 1.82) is 0 Å². The van der Waals surface area contributed by atoms with E-state index in [1.54, 1.807) is 31.2 Å². The van der Waals surface area contributed by atoms with Crippen LogP contribution in [0.1, 0.15) is 35.6 Å². The summed E-state index contributed by atoms with van der Waals surface area (Å²) in [5, 5.41) is 16.3. The molecule has 2 aromatic carbocycles. The molecule has 0 saturated heterocycles. The Morgan fingerprint density at radius 2 is 1.97 bits per heavy atom. The fraction of sp³-hybridized carbons (Fsp3) is 0.273. The van der Waals surface area contributed by atoms with Gasteiger partial charge in [-0.1, -0.05) is 6.07 Å². The third-order valence-corrected chi connectivity index (χ3v) is 5.28. The van der Waals surface area contributed by atoms with E-state index in [-0.39, 0.29) is 16.9 Å². The molecule has 0 atom stereocenters. The van der Waals surface area contributed by atoms with E-state index in [0.717, 1.165) is 23.8 Å². The van der Waals surface area contributed by atoms with E-state index in [1.165, 1.54) is 12.1 Å². The maximum absolute atomic E-state index is 13.5. The lowest BCUT2D eigenvalue weighted by atomic mass is 10.0. The smallest absolute Gasteiger partial charge is 0.336 e. The van der Waals surface area contributed by atoms with E-state index in [0.29, 0.717) is 23.5 Å². The van der Waals surface area contributed by atoms with Crippen LogP contribution in [0.3, 0.4) is 0 Å². The highest BCUT2D eigenvalue weighted by Crippen LogP contribution is 2.36. The number of benzene rings is 2. The Hall–Kier alpha value is -3.19. The third kappa shape index (κ3) is 3.49. The van der Waals surface area contributed by atoms with Crippen molar-refractivity contribution in [2.45, 2.75) is 32.9 Å². The number of aryl methyl sites for hydroxylation is 1. The Bertz CT molecular complexity index is 1090. The van der Waals surface area contributed by atoms with Gasteiger partial charge in [-0.05, 0) is 62.7 Å². The van der Waals surface area contributed by atoms with Crippen LogP contribution in [0.4, 0.5) is 15.9 Å². The summed E-state index contributed by atoms with van der Waals surface area (Å²) in [6.07, 6.45) is 0. The number of rotatable bonds is 4. The van der Waals surface area contributed by atoms with Crippen molar-refractivity contribution in [2.75, 3.05) is 11.9 Å². The summed E-state index contributed by atoms with van der Waals surface area (Å²) in [7, 11) is 0. The van der Waals surface area contributed by atoms with E-state index >= 15 is 0 Å². The first-order valence-corrected chi connectivity index (χ1v) is 9.49. The van der Waals surface area contributed by atoms with Crippen molar-refractivity contribution in [2.24, 2.45) is 0 Å². The zero-order valence-corrected chi connectivity index (χ0v) is 16.6. The first-order chi connectivity index (χ1) is 13.8. The minimum absolute atomic E-state index is 0.249. The first-order valence-electron chi connectivity index (χ1n) is 9.49. The second kappa shape index (κ2) is 7.00. The number of halogens is 1. The lowest BCUT2D eigenvalue weighted by molar-refractivity contribution is 0.0696. The number of aromatic carboxylic acids is 1. The molecule has 1 aromatic heterocycles. The van der Waals surface area contributed by atoms with Crippen LogP contribution < -0.4 is 10.6 Å². The minimum Gasteiger partial charge on any atom is -0.478 e. The Morgan fingerprint density at radius 3 is 2.66 bits per heavy atom. The fourth-order valence-electron chi connectivity index (χ4n) is 3.71. The molecule has 3 aromatic rings. The number of carboxylic acids is 1. The van der Waals surface area contributed by atoms with Crippen molar-refractivity contribution < 1.29 is 14.3 Å². The van der Waals surface area contributed by atoms with Crippen LogP contribution in [-0.2, 0) is 12.1 Å². The highest BCUT2D eigenvalue weighted by atomic mass is 19.1. The molecule has 7 heteroatoms. The topological polar surface area (TPSA) is 79.2 Å². The van der Waals surface area contributed by atoms with E-state index in [9.17, 15) is 14.3 Å². The summed E-state index contributed by atoms with van der Waals surface area (Å²) in [5.41, 5.74) is 2.77. The van der Waals surface area contributed by atoms with Crippen molar-refractivity contribution in [3.63, 3.8) is 0 Å². The number of nitrogens with zero attached hydrogens (tertiary/aromatic N) is 2. The summed E-state index contributed by atoms with van der Waals surface area (Å²) in [6.45, 7) is 7.40. The van der Waals surface area contributed by atoms with Gasteiger partial charge in [0.2, 0.25) is 0 Å². The third-order valence-electron chi connectivity index (χ3n) is 5.28. The summed E-state index contributed by atoms with van der Waals surface area (Å²) in [5.74, 6) is 0.363. The molecule has 0 radical (unpaired) electrons. The van der Waals surface area contributed by atoms with E-state index in [4.69, 9.17) is 4.98 Å². The standard InChI is InChI=1S/C22H23FN4O2/c1-13-4-9-16(12-17(13)20(28)29)25-19-18(14-5-7-15(23)8-6-14)26-21-22(2,3)24-10-11-27(19)21/h4-9,12,24-25H,10-11H2,1-3H3,(H,28,29). The molecular formula is C22H23FN4O2. The van der Waals surface area contributed by atoms with E-state index in [1.807, 2.05) is 6.07 Å². The Labute approximate surface area is 168 Å². The summed E-state index contributed by atoms with van der Waals surface area (Å²) in [4.78, 5) is 16.4. The molecule has 0 aliphatic carbocycles. The average molecular weight is 394 g/mol. The average Bonchev–Trinajstić information content (AvgIpc) is 3.03. The second-order valence-corrected chi connectivity index (χ2v) is 7.80. The van der Waals surface area contributed by atoms with Gasteiger partial charge in [0.1, 0.15) is 23.2 Å². The molecule has 2 heterocycles. The monoisotopic (exact) mass is 394 g/mol. The molecule has 0 fully saturated rings. The molecule has 6 nitrogen and oxygen atoms in total. The molecule has 0 spiro atoms. The normalized spacial score (nSPS) is 15.0. The van der Waals surface area contributed by atoms with Gasteiger partial charge in [-0.3, -0.25) is 0 Å². The zero-order valence-electron chi connectivity index (χ0n) is 16.6. The molecule has 1 aliphatic heterocycles. The van der Waals surface area contributed by atoms with E-state index < -0.39 is 5.97 Å². The lowest BCUT2D eigenvalue weighted by Crippen LogP contribution is -2.45. The van der Waals surface area contributed by atoms with Crippen molar-refractivity contribution in [3.05, 3.63) is 65.2 Å². The molecule has 0 amide bonds. The number of imidazole rings is 1. The fourth-order valence-corrected chi connectivity index (χ4v) is 3.71. The van der Waals surface area contributed by atoms with Gasteiger partial charge in [0.25, 0.3) is 0 Å². The molecule has 4 rings (SSSR count). The number of hydrogen-bond acceptors (Lipinski definition) is 4. The predicted octanol–water partition coefficient (Wildman–Crippen LogP) is 4.28. The van der Waals surface area contributed by atoms with Crippen LogP contribution in [0.2, 0.25) is 0 Å². The number of carbonyl (C=O) groups is 1. The van der Waals surface area contributed by atoms with Crippen LogP contribution in [-0.4, -0.2) is 27.2 Å². The van der Waals surface area contributed by atoms with Crippen molar-refractivity contribution in [1.82, 2.24) is 14.9 Å². The van der Waals surface area contributed by atoms with E-state index in [2.05, 4.69) is 29.0 Å². The number of hydrogen-bond donors (Lipinski definition) is 3. The van der Waals surface area contributed by atoms with Crippen LogP contribution in [0.25, 0.3) is 11.3 Å². The second-order valence-electron chi connectivity index (χ2n) is 7.80. The van der Waals surface area contributed by atoms with Crippen LogP contribution in [0, 0.1) is 12.7 Å². The largest absolute Gasteiger partial charge is 0.478 e. The van der Waals surface area contributed by atoms with Gasteiger partial charge in [0.15, 0.2) is 0 Å². The van der Waals surface area contributed by atoms with Gasteiger partial charge in [-0.25, -0.2) is 14.2 Å². The zero-order chi connectivity index (χ0) is 20.8. The number of anilines is 2. The Kier molecular flexibility index (Phi) is 4.62. The number of nitrogens with one attached hydrogen (secondary N) is 2. The van der Waals surface area contributed by atoms with Gasteiger partial charge >= 0.3 is 5.97 Å². The minimum atomic E-state index is -0.967. The molecule has 0 unspecified atom stereocenters. The number of carboxylic acid groups (broad SMARTS) is 1. The van der Waals surface area contributed by atoms with Crippen molar-refractivity contribution >= 4 is 17.5 Å². The molecule has 1 aliphatic rings. The maximum atomic E-state index is 13.5. The molecule has 0 bridgehead atoms. The summed E-state index contributed by atoms with van der Waals surface area (Å²) < 4.78 is 15.6. The van der Waals surface area contributed by atoms with Crippen LogP contribution in [0.15, 0.2) is 42.5 Å². The van der Waals surface area contributed by atoms with Crippen LogP contribution >= 0.6 is 0 Å². The van der Waals surface area contributed by atoms with Gasteiger partial charge in [-0.2, -0.15) is 0 Å². The Morgan fingerprint density at radius 1 is 1.24 bits per heavy atom. The number of fused-ring (bicyclic) bond motifs is 1. The summed E-state index contributed by atoms with van der Waals surface area (Å²) in [6, 6.07) is 11.5. The highest BCUT2D eigenvalue weighted by molar-refractivity contribution is 5.91. The van der Waals surface area contributed by atoms with Gasteiger partial charge in [0.05, 0.1) is 11.1 Å². The molecule has 150 valence electrons. The van der Waals surface area contributed by atoms with Gasteiger partial charge in [-0.15, -0.1) is 0 Å². The Balaban J connectivity index is 1.85. The highest BCUT2D eigenvalue weighted by Gasteiger charge is 2.33. The first kappa shape index (κ1) is 19.1. The number of aromatic nitrogens is 2. The van der Waals surface area contributed by atoms with Gasteiger partial charge < -0.3 is 20.3 Å². The summed E-state index contributed by atoms with van der Waals surface area (Å²) >= 11 is 0. The quantitative estimate of drug-likeness (QED) is 0.616. The van der Waals surface area contributed by atoms with Gasteiger partial charge in [0, 0.05) is 24.3 Å². The molecule has 29 heavy (non-hydrogen) atoms. The lowest BCUT2D eigenvalue weighted by Gasteiger charge is -2.32. The SMILES string of the molecule is Cc1ccc(Nc2c(-c3ccc(F)cc3)nc3n2CCNC3(C)C)cc1C(=O)O. The molecular weight excluding hydrogens is 371 g/mol. The molecule has 3 N–H and O–H groups in total. The molecule has 0 saturated carbocycles. The van der Waals surface area contributed by atoms with Crippen molar-refractivity contribution in [3.8, 4) is 11.3 Å². The van der Waals surface area contributed by atoms with Crippen LogP contribution in [0.5, 0.6) is 0 Å².